The van der Waals surface area contributed by atoms with Gasteiger partial charge in [-0.3, -0.25) is 14.9 Å². The molecule has 0 aliphatic rings. The van der Waals surface area contributed by atoms with Crippen molar-refractivity contribution in [3.63, 3.8) is 0 Å². The van der Waals surface area contributed by atoms with Gasteiger partial charge in [0.2, 0.25) is 5.88 Å². The molecule has 1 heterocycles. The standard InChI is InChI=1S/C33H28FN3O6/c1-2-41-32(38)11-6-16-42-28-15-14-22-17-25(13-12-23(22)19-28)33-35-30(24-8-5-9-27(18-24)37(39)40)20-31(36-33)43-21-26-7-3-4-10-29(26)34/h3-5,7-10,12-15,17-20H,2,6,11,16,21H2,1H3. The van der Waals surface area contributed by atoms with Crippen LogP contribution in [0.15, 0.2) is 91.0 Å². The van der Waals surface area contributed by atoms with Gasteiger partial charge in [0.15, 0.2) is 5.82 Å². The molecule has 0 saturated heterocycles. The molecule has 9 nitrogen and oxygen atoms in total. The average molecular weight is 582 g/mol. The van der Waals surface area contributed by atoms with Crippen LogP contribution in [0.3, 0.4) is 0 Å². The number of carbonyl (C=O) groups is 1. The van der Waals surface area contributed by atoms with Gasteiger partial charge < -0.3 is 14.2 Å². The van der Waals surface area contributed by atoms with Gasteiger partial charge in [-0.15, -0.1) is 0 Å². The Morgan fingerprint density at radius 3 is 2.51 bits per heavy atom. The third-order valence-electron chi connectivity index (χ3n) is 6.56. The van der Waals surface area contributed by atoms with Crippen molar-refractivity contribution in [2.75, 3.05) is 13.2 Å². The first-order chi connectivity index (χ1) is 20.9. The summed E-state index contributed by atoms with van der Waals surface area (Å²) in [7, 11) is 0. The van der Waals surface area contributed by atoms with Crippen molar-refractivity contribution in [3.05, 3.63) is 112 Å². The average Bonchev–Trinajstić information content (AvgIpc) is 3.02. The molecule has 43 heavy (non-hydrogen) atoms. The van der Waals surface area contributed by atoms with Crippen molar-refractivity contribution >= 4 is 22.4 Å². The van der Waals surface area contributed by atoms with Gasteiger partial charge in [-0.05, 0) is 48.4 Å². The molecule has 0 fully saturated rings. The lowest BCUT2D eigenvalue weighted by Gasteiger charge is -2.12. The van der Waals surface area contributed by atoms with E-state index in [-0.39, 0.29) is 24.1 Å². The third kappa shape index (κ3) is 7.48. The van der Waals surface area contributed by atoms with Crippen LogP contribution in [0.25, 0.3) is 33.4 Å². The molecular weight excluding hydrogens is 553 g/mol. The Balaban J connectivity index is 1.42. The zero-order chi connectivity index (χ0) is 30.2. The highest BCUT2D eigenvalue weighted by atomic mass is 19.1. The minimum absolute atomic E-state index is 0.0577. The maximum Gasteiger partial charge on any atom is 0.305 e. The lowest BCUT2D eigenvalue weighted by molar-refractivity contribution is -0.384. The highest BCUT2D eigenvalue weighted by Gasteiger charge is 2.14. The molecule has 10 heteroatoms. The Hall–Kier alpha value is -5.38. The number of halogens is 1. The zero-order valence-electron chi connectivity index (χ0n) is 23.4. The summed E-state index contributed by atoms with van der Waals surface area (Å²) in [5, 5.41) is 13.2. The molecule has 0 amide bonds. The summed E-state index contributed by atoms with van der Waals surface area (Å²) in [6.45, 7) is 2.46. The number of nitro groups is 1. The molecule has 4 aromatic carbocycles. The van der Waals surface area contributed by atoms with E-state index in [9.17, 15) is 19.3 Å². The van der Waals surface area contributed by atoms with E-state index in [4.69, 9.17) is 19.2 Å². The number of ether oxygens (including phenoxy) is 3. The van der Waals surface area contributed by atoms with Gasteiger partial charge in [0, 0.05) is 41.3 Å². The monoisotopic (exact) mass is 581 g/mol. The molecule has 0 bridgehead atoms. The van der Waals surface area contributed by atoms with Crippen LogP contribution in [0, 0.1) is 15.9 Å². The second kappa shape index (κ2) is 13.5. The van der Waals surface area contributed by atoms with Crippen LogP contribution in [0.5, 0.6) is 11.6 Å². The fraction of sp³-hybridized carbons (Fsp3) is 0.182. The summed E-state index contributed by atoms with van der Waals surface area (Å²) in [5.74, 6) is 0.578. The van der Waals surface area contributed by atoms with Crippen molar-refractivity contribution in [3.8, 4) is 34.3 Å². The minimum atomic E-state index is -0.469. The van der Waals surface area contributed by atoms with Crippen molar-refractivity contribution in [1.82, 2.24) is 9.97 Å². The van der Waals surface area contributed by atoms with E-state index in [0.29, 0.717) is 60.0 Å². The summed E-state index contributed by atoms with van der Waals surface area (Å²) in [4.78, 5) is 31.7. The predicted octanol–water partition coefficient (Wildman–Crippen LogP) is 7.31. The van der Waals surface area contributed by atoms with Gasteiger partial charge in [-0.2, -0.15) is 4.98 Å². The molecule has 5 rings (SSSR count). The highest BCUT2D eigenvalue weighted by molar-refractivity contribution is 5.87. The smallest absolute Gasteiger partial charge is 0.305 e. The molecule has 0 aliphatic heterocycles. The van der Waals surface area contributed by atoms with Crippen LogP contribution in [0.4, 0.5) is 10.1 Å². The highest BCUT2D eigenvalue weighted by Crippen LogP contribution is 2.30. The summed E-state index contributed by atoms with van der Waals surface area (Å²) in [6.07, 6.45) is 0.849. The molecule has 0 unspecified atom stereocenters. The molecule has 0 saturated carbocycles. The number of carbonyl (C=O) groups excluding carboxylic acids is 1. The molecule has 0 radical (unpaired) electrons. The van der Waals surface area contributed by atoms with Gasteiger partial charge in [0.05, 0.1) is 23.8 Å². The zero-order valence-corrected chi connectivity index (χ0v) is 23.4. The lowest BCUT2D eigenvalue weighted by atomic mass is 10.1. The van der Waals surface area contributed by atoms with E-state index in [2.05, 4.69) is 4.98 Å². The number of nitro benzene ring substituents is 1. The first-order valence-corrected chi connectivity index (χ1v) is 13.7. The summed E-state index contributed by atoms with van der Waals surface area (Å²) in [6, 6.07) is 25.4. The van der Waals surface area contributed by atoms with E-state index in [0.717, 1.165) is 10.8 Å². The lowest BCUT2D eigenvalue weighted by Crippen LogP contribution is -2.06. The maximum absolute atomic E-state index is 14.2. The van der Waals surface area contributed by atoms with Gasteiger partial charge in [0.1, 0.15) is 18.2 Å². The molecule has 5 aromatic rings. The Morgan fingerprint density at radius 1 is 0.884 bits per heavy atom. The molecular formula is C33H28FN3O6. The number of aromatic nitrogens is 2. The summed E-state index contributed by atoms with van der Waals surface area (Å²) >= 11 is 0. The number of hydrogen-bond donors (Lipinski definition) is 0. The Kier molecular flexibility index (Phi) is 9.16. The molecule has 0 atom stereocenters. The molecule has 0 spiro atoms. The van der Waals surface area contributed by atoms with E-state index in [1.807, 2.05) is 36.4 Å². The topological polar surface area (TPSA) is 114 Å². The van der Waals surface area contributed by atoms with Crippen LogP contribution in [0.1, 0.15) is 25.3 Å². The van der Waals surface area contributed by atoms with Crippen LogP contribution in [0.2, 0.25) is 0 Å². The second-order valence-corrected chi connectivity index (χ2v) is 9.58. The number of rotatable bonds is 12. The number of nitrogens with zero attached hydrogens (tertiary/aromatic N) is 3. The third-order valence-corrected chi connectivity index (χ3v) is 6.56. The SMILES string of the molecule is CCOC(=O)CCCOc1ccc2cc(-c3nc(OCc4ccccc4F)cc(-c4cccc([N+](=O)[O-])c4)n3)ccc2c1. The van der Waals surface area contributed by atoms with Crippen molar-refractivity contribution in [2.24, 2.45) is 0 Å². The van der Waals surface area contributed by atoms with Crippen LogP contribution >= 0.6 is 0 Å². The first kappa shape index (κ1) is 29.1. The van der Waals surface area contributed by atoms with E-state index >= 15 is 0 Å². The fourth-order valence-electron chi connectivity index (χ4n) is 4.41. The second-order valence-electron chi connectivity index (χ2n) is 9.58. The number of fused-ring (bicyclic) bond motifs is 1. The normalized spacial score (nSPS) is 10.8. The van der Waals surface area contributed by atoms with Gasteiger partial charge in [-0.1, -0.05) is 48.5 Å². The molecule has 1 aromatic heterocycles. The number of esters is 1. The predicted molar refractivity (Wildman–Crippen MR) is 159 cm³/mol. The molecule has 0 aliphatic carbocycles. The van der Waals surface area contributed by atoms with E-state index in [1.54, 1.807) is 43.3 Å². The number of benzene rings is 4. The van der Waals surface area contributed by atoms with Crippen LogP contribution in [-0.2, 0) is 16.1 Å². The largest absolute Gasteiger partial charge is 0.494 e. The maximum atomic E-state index is 14.2. The Morgan fingerprint density at radius 2 is 1.70 bits per heavy atom. The van der Waals surface area contributed by atoms with Crippen molar-refractivity contribution < 1.29 is 28.3 Å². The van der Waals surface area contributed by atoms with Gasteiger partial charge in [-0.25, -0.2) is 9.37 Å². The van der Waals surface area contributed by atoms with Crippen molar-refractivity contribution in [2.45, 2.75) is 26.4 Å². The summed E-state index contributed by atoms with van der Waals surface area (Å²) < 4.78 is 30.9. The molecule has 0 N–H and O–H groups in total. The molecule has 218 valence electrons. The Bertz CT molecular complexity index is 1780. The Labute approximate surface area is 247 Å². The number of non-ortho nitro benzene ring substituents is 1. The summed E-state index contributed by atoms with van der Waals surface area (Å²) in [5.41, 5.74) is 1.92. The van der Waals surface area contributed by atoms with Crippen LogP contribution in [-0.4, -0.2) is 34.1 Å². The van der Waals surface area contributed by atoms with Crippen LogP contribution < -0.4 is 9.47 Å². The van der Waals surface area contributed by atoms with E-state index in [1.165, 1.54) is 18.2 Å². The number of hydrogen-bond acceptors (Lipinski definition) is 8. The fourth-order valence-corrected chi connectivity index (χ4v) is 4.41. The van der Waals surface area contributed by atoms with Crippen molar-refractivity contribution in [1.29, 1.82) is 0 Å². The van der Waals surface area contributed by atoms with Gasteiger partial charge >= 0.3 is 5.97 Å². The minimum Gasteiger partial charge on any atom is -0.494 e. The quantitative estimate of drug-likeness (QED) is 0.0652. The van der Waals surface area contributed by atoms with E-state index < -0.39 is 10.7 Å². The van der Waals surface area contributed by atoms with Gasteiger partial charge in [0.25, 0.3) is 5.69 Å². The first-order valence-electron chi connectivity index (χ1n) is 13.7.